The van der Waals surface area contributed by atoms with E-state index in [-0.39, 0.29) is 5.91 Å². The van der Waals surface area contributed by atoms with E-state index in [9.17, 15) is 4.79 Å². The Morgan fingerprint density at radius 2 is 1.68 bits per heavy atom. The number of nitrogens with zero attached hydrogens (tertiary/aromatic N) is 3. The average Bonchev–Trinajstić information content (AvgIpc) is 3.25. The summed E-state index contributed by atoms with van der Waals surface area (Å²) in [6, 6.07) is 10.8. The van der Waals surface area contributed by atoms with E-state index < -0.39 is 0 Å². The van der Waals surface area contributed by atoms with Crippen molar-refractivity contribution < 1.29 is 14.3 Å². The Balaban J connectivity index is 1.57. The molecular weight excluding hydrogens is 358 g/mol. The van der Waals surface area contributed by atoms with Crippen LogP contribution in [-0.4, -0.2) is 47.8 Å². The molecule has 0 aliphatic carbocycles. The Morgan fingerprint density at radius 1 is 1.00 bits per heavy atom. The Morgan fingerprint density at radius 3 is 2.32 bits per heavy atom. The zero-order chi connectivity index (χ0) is 19.9. The summed E-state index contributed by atoms with van der Waals surface area (Å²) in [5.74, 6) is 3.08. The molecule has 0 spiro atoms. The molecule has 28 heavy (non-hydrogen) atoms. The van der Waals surface area contributed by atoms with Gasteiger partial charge in [0.25, 0.3) is 5.91 Å². The SMILES string of the molecule is COc1cc(OC)cc(C(=O)NCCNc2cc(-n3cccc3)nc(C)n2)c1. The van der Waals surface area contributed by atoms with Crippen molar-refractivity contribution in [3.05, 3.63) is 60.2 Å². The summed E-state index contributed by atoms with van der Waals surface area (Å²) in [7, 11) is 3.10. The molecule has 0 aliphatic heterocycles. The predicted octanol–water partition coefficient (Wildman–Crippen LogP) is 2.43. The molecule has 0 fully saturated rings. The summed E-state index contributed by atoms with van der Waals surface area (Å²) in [5, 5.41) is 6.08. The number of nitrogens with one attached hydrogen (secondary N) is 2. The van der Waals surface area contributed by atoms with Crippen molar-refractivity contribution in [2.75, 3.05) is 32.6 Å². The highest BCUT2D eigenvalue weighted by molar-refractivity contribution is 5.95. The van der Waals surface area contributed by atoms with Gasteiger partial charge in [-0.05, 0) is 31.2 Å². The van der Waals surface area contributed by atoms with E-state index in [0.29, 0.717) is 41.8 Å². The largest absolute Gasteiger partial charge is 0.497 e. The van der Waals surface area contributed by atoms with Crippen LogP contribution in [0.15, 0.2) is 48.8 Å². The number of hydrogen-bond donors (Lipinski definition) is 2. The van der Waals surface area contributed by atoms with Crippen LogP contribution in [0.3, 0.4) is 0 Å². The summed E-state index contributed by atoms with van der Waals surface area (Å²) in [6.07, 6.45) is 3.85. The Labute approximate surface area is 163 Å². The van der Waals surface area contributed by atoms with Crippen LogP contribution < -0.4 is 20.1 Å². The van der Waals surface area contributed by atoms with Crippen molar-refractivity contribution in [2.24, 2.45) is 0 Å². The average molecular weight is 381 g/mol. The van der Waals surface area contributed by atoms with Gasteiger partial charge in [0.1, 0.15) is 29.0 Å². The molecule has 3 aromatic rings. The quantitative estimate of drug-likeness (QED) is 0.583. The number of aromatic nitrogens is 3. The maximum Gasteiger partial charge on any atom is 0.251 e. The summed E-state index contributed by atoms with van der Waals surface area (Å²) >= 11 is 0. The van der Waals surface area contributed by atoms with E-state index in [1.54, 1.807) is 32.4 Å². The molecule has 0 aliphatic rings. The lowest BCUT2D eigenvalue weighted by Gasteiger charge is -2.11. The van der Waals surface area contributed by atoms with Crippen molar-refractivity contribution in [2.45, 2.75) is 6.92 Å². The van der Waals surface area contributed by atoms with Gasteiger partial charge in [-0.3, -0.25) is 4.79 Å². The predicted molar refractivity (Wildman–Crippen MR) is 106 cm³/mol. The lowest BCUT2D eigenvalue weighted by molar-refractivity contribution is 0.0954. The number of amides is 1. The van der Waals surface area contributed by atoms with Gasteiger partial charge in [-0.15, -0.1) is 0 Å². The summed E-state index contributed by atoms with van der Waals surface area (Å²) in [5.41, 5.74) is 0.476. The lowest BCUT2D eigenvalue weighted by Crippen LogP contribution is -2.29. The number of anilines is 1. The molecule has 8 heteroatoms. The van der Waals surface area contributed by atoms with E-state index in [1.165, 1.54) is 0 Å². The van der Waals surface area contributed by atoms with E-state index in [1.807, 2.05) is 42.1 Å². The van der Waals surface area contributed by atoms with Gasteiger partial charge < -0.3 is 24.7 Å². The fourth-order valence-electron chi connectivity index (χ4n) is 2.67. The third-order valence-electron chi connectivity index (χ3n) is 4.02. The molecule has 1 aromatic carbocycles. The van der Waals surface area contributed by atoms with Crippen molar-refractivity contribution in [1.82, 2.24) is 19.9 Å². The van der Waals surface area contributed by atoms with Crippen molar-refractivity contribution in [3.8, 4) is 17.3 Å². The first-order valence-corrected chi connectivity index (χ1v) is 8.83. The van der Waals surface area contributed by atoms with E-state index in [0.717, 1.165) is 5.82 Å². The molecule has 2 heterocycles. The van der Waals surface area contributed by atoms with Crippen LogP contribution in [0.2, 0.25) is 0 Å². The minimum Gasteiger partial charge on any atom is -0.497 e. The van der Waals surface area contributed by atoms with Gasteiger partial charge in [0, 0.05) is 43.2 Å². The monoisotopic (exact) mass is 381 g/mol. The molecule has 2 N–H and O–H groups in total. The normalized spacial score (nSPS) is 10.4. The highest BCUT2D eigenvalue weighted by Crippen LogP contribution is 2.22. The van der Waals surface area contributed by atoms with Crippen LogP contribution in [0, 0.1) is 6.92 Å². The highest BCUT2D eigenvalue weighted by Gasteiger charge is 2.09. The second kappa shape index (κ2) is 8.90. The number of aryl methyl sites for hydroxylation is 1. The lowest BCUT2D eigenvalue weighted by atomic mass is 10.2. The number of rotatable bonds is 8. The molecule has 0 saturated carbocycles. The van der Waals surface area contributed by atoms with Crippen molar-refractivity contribution >= 4 is 11.7 Å². The highest BCUT2D eigenvalue weighted by atomic mass is 16.5. The molecule has 3 rings (SSSR count). The first-order chi connectivity index (χ1) is 13.6. The number of methoxy groups -OCH3 is 2. The molecule has 146 valence electrons. The maximum atomic E-state index is 12.4. The topological polar surface area (TPSA) is 90.3 Å². The summed E-state index contributed by atoms with van der Waals surface area (Å²) in [6.45, 7) is 2.80. The number of ether oxygens (including phenoxy) is 2. The third kappa shape index (κ3) is 4.79. The van der Waals surface area contributed by atoms with Crippen LogP contribution in [0.5, 0.6) is 11.5 Å². The zero-order valence-electron chi connectivity index (χ0n) is 16.1. The second-order valence-corrected chi connectivity index (χ2v) is 6.03. The zero-order valence-corrected chi connectivity index (χ0v) is 16.1. The van der Waals surface area contributed by atoms with Gasteiger partial charge in [-0.2, -0.15) is 0 Å². The van der Waals surface area contributed by atoms with E-state index in [4.69, 9.17) is 9.47 Å². The number of carbonyl (C=O) groups excluding carboxylic acids is 1. The van der Waals surface area contributed by atoms with Crippen molar-refractivity contribution in [3.63, 3.8) is 0 Å². The van der Waals surface area contributed by atoms with Gasteiger partial charge in [-0.25, -0.2) is 9.97 Å². The molecular formula is C20H23N5O3. The number of benzene rings is 1. The molecule has 0 saturated heterocycles. The van der Waals surface area contributed by atoms with Crippen LogP contribution in [0.4, 0.5) is 5.82 Å². The molecule has 2 aromatic heterocycles. The molecule has 0 radical (unpaired) electrons. The van der Waals surface area contributed by atoms with Crippen molar-refractivity contribution in [1.29, 1.82) is 0 Å². The van der Waals surface area contributed by atoms with Crippen LogP contribution in [-0.2, 0) is 0 Å². The van der Waals surface area contributed by atoms with Gasteiger partial charge in [0.05, 0.1) is 14.2 Å². The minimum absolute atomic E-state index is 0.203. The van der Waals surface area contributed by atoms with Gasteiger partial charge in [0.2, 0.25) is 0 Å². The third-order valence-corrected chi connectivity index (χ3v) is 4.02. The smallest absolute Gasteiger partial charge is 0.251 e. The molecule has 0 unspecified atom stereocenters. The van der Waals surface area contributed by atoms with E-state index in [2.05, 4.69) is 20.6 Å². The molecule has 0 atom stereocenters. The minimum atomic E-state index is -0.203. The van der Waals surface area contributed by atoms with Crippen LogP contribution in [0.1, 0.15) is 16.2 Å². The second-order valence-electron chi connectivity index (χ2n) is 6.03. The maximum absolute atomic E-state index is 12.4. The van der Waals surface area contributed by atoms with E-state index >= 15 is 0 Å². The standard InChI is InChI=1S/C20H23N5O3/c1-14-23-18(13-19(24-14)25-8-4-5-9-25)21-6-7-22-20(26)15-10-16(27-2)12-17(11-15)28-3/h4-5,8-13H,6-7H2,1-3H3,(H,22,26)(H,21,23,24). The Bertz CT molecular complexity index is 919. The molecule has 1 amide bonds. The fraction of sp³-hybridized carbons (Fsp3) is 0.250. The van der Waals surface area contributed by atoms with Gasteiger partial charge >= 0.3 is 0 Å². The molecule has 0 bridgehead atoms. The summed E-state index contributed by atoms with van der Waals surface area (Å²) < 4.78 is 12.3. The Kier molecular flexibility index (Phi) is 6.11. The van der Waals surface area contributed by atoms with Gasteiger partial charge in [0.15, 0.2) is 0 Å². The van der Waals surface area contributed by atoms with Gasteiger partial charge in [-0.1, -0.05) is 0 Å². The fourth-order valence-corrected chi connectivity index (χ4v) is 2.67. The summed E-state index contributed by atoms with van der Waals surface area (Å²) in [4.78, 5) is 21.2. The first-order valence-electron chi connectivity index (χ1n) is 8.83. The van der Waals surface area contributed by atoms with Crippen LogP contribution >= 0.6 is 0 Å². The number of carbonyl (C=O) groups is 1. The van der Waals surface area contributed by atoms with Crippen LogP contribution in [0.25, 0.3) is 5.82 Å². The first kappa shape index (κ1) is 19.2. The molecule has 8 nitrogen and oxygen atoms in total. The number of hydrogen-bond acceptors (Lipinski definition) is 6. The Hall–Kier alpha value is -3.55.